The van der Waals surface area contributed by atoms with Crippen LogP contribution in [0.3, 0.4) is 0 Å². The van der Waals surface area contributed by atoms with Crippen LogP contribution in [0.1, 0.15) is 80.9 Å². The number of halogens is 1. The van der Waals surface area contributed by atoms with E-state index in [0.29, 0.717) is 11.5 Å². The van der Waals surface area contributed by atoms with Crippen LogP contribution >= 0.6 is 12.2 Å². The van der Waals surface area contributed by atoms with E-state index >= 15 is 0 Å². The molecule has 1 aliphatic carbocycles. The van der Waals surface area contributed by atoms with Crippen LogP contribution in [0.25, 0.3) is 0 Å². The Kier molecular flexibility index (Phi) is 8.17. The number of benzene rings is 2. The summed E-state index contributed by atoms with van der Waals surface area (Å²) in [6, 6.07) is 13.3. The Balaban J connectivity index is 1.57. The normalized spacial score (nSPS) is 18.4. The molecular formula is C26H28FNS. The SMILES string of the molecule is CCCCCC1CCC(c2ccc(C#Cc3ccc(N=C=S)c(F)c3)cc2)CC1. The summed E-state index contributed by atoms with van der Waals surface area (Å²) < 4.78 is 13.9. The van der Waals surface area contributed by atoms with Crippen LogP contribution in [0.2, 0.25) is 0 Å². The fraction of sp³-hybridized carbons (Fsp3) is 0.423. The zero-order valence-electron chi connectivity index (χ0n) is 17.1. The molecule has 0 heterocycles. The lowest BCUT2D eigenvalue weighted by Gasteiger charge is -2.29. The molecule has 1 aliphatic rings. The van der Waals surface area contributed by atoms with E-state index in [-0.39, 0.29) is 5.69 Å². The molecule has 150 valence electrons. The van der Waals surface area contributed by atoms with Crippen molar-refractivity contribution in [2.75, 3.05) is 0 Å². The summed E-state index contributed by atoms with van der Waals surface area (Å²) in [7, 11) is 0. The van der Waals surface area contributed by atoms with Crippen LogP contribution in [0.4, 0.5) is 10.1 Å². The number of aliphatic imine (C=N–C) groups is 1. The van der Waals surface area contributed by atoms with Crippen LogP contribution in [-0.2, 0) is 0 Å². The smallest absolute Gasteiger partial charge is 0.150 e. The van der Waals surface area contributed by atoms with Gasteiger partial charge in [0, 0.05) is 11.1 Å². The Morgan fingerprint density at radius 3 is 2.31 bits per heavy atom. The van der Waals surface area contributed by atoms with Crippen LogP contribution in [0, 0.1) is 23.6 Å². The van der Waals surface area contributed by atoms with Gasteiger partial charge in [-0.25, -0.2) is 4.39 Å². The average molecular weight is 406 g/mol. The quantitative estimate of drug-likeness (QED) is 0.206. The number of nitrogens with zero attached hydrogens (tertiary/aromatic N) is 1. The third-order valence-corrected chi connectivity index (χ3v) is 6.00. The lowest BCUT2D eigenvalue weighted by atomic mass is 9.77. The molecule has 2 aromatic rings. The van der Waals surface area contributed by atoms with Crippen molar-refractivity contribution in [3.05, 3.63) is 65.0 Å². The zero-order valence-corrected chi connectivity index (χ0v) is 17.9. The second kappa shape index (κ2) is 11.1. The van der Waals surface area contributed by atoms with Crippen molar-refractivity contribution >= 4 is 23.1 Å². The summed E-state index contributed by atoms with van der Waals surface area (Å²) in [6.45, 7) is 2.27. The highest BCUT2D eigenvalue weighted by atomic mass is 32.1. The van der Waals surface area contributed by atoms with Crippen LogP contribution in [0.5, 0.6) is 0 Å². The molecule has 0 aromatic heterocycles. The molecule has 1 nitrogen and oxygen atoms in total. The highest BCUT2D eigenvalue weighted by Crippen LogP contribution is 2.37. The molecule has 0 saturated heterocycles. The second-order valence-corrected chi connectivity index (χ2v) is 8.14. The van der Waals surface area contributed by atoms with Gasteiger partial charge in [0.05, 0.1) is 5.16 Å². The fourth-order valence-electron chi connectivity index (χ4n) is 4.17. The number of hydrogen-bond donors (Lipinski definition) is 0. The van der Waals surface area contributed by atoms with Crippen molar-refractivity contribution in [1.82, 2.24) is 0 Å². The number of thiocarbonyl (C=S) groups is 1. The molecule has 0 radical (unpaired) electrons. The van der Waals surface area contributed by atoms with Crippen molar-refractivity contribution in [1.29, 1.82) is 0 Å². The lowest BCUT2D eigenvalue weighted by Crippen LogP contribution is -2.13. The van der Waals surface area contributed by atoms with E-state index in [2.05, 4.69) is 65.4 Å². The van der Waals surface area contributed by atoms with Gasteiger partial charge in [0.2, 0.25) is 0 Å². The van der Waals surface area contributed by atoms with E-state index in [1.165, 1.54) is 63.0 Å². The maximum absolute atomic E-state index is 13.9. The van der Waals surface area contributed by atoms with Gasteiger partial charge in [-0.1, -0.05) is 56.6 Å². The Morgan fingerprint density at radius 2 is 1.66 bits per heavy atom. The minimum Gasteiger partial charge on any atom is -0.205 e. The molecular weight excluding hydrogens is 377 g/mol. The molecule has 1 saturated carbocycles. The predicted octanol–water partition coefficient (Wildman–Crippen LogP) is 7.81. The maximum Gasteiger partial charge on any atom is 0.150 e. The van der Waals surface area contributed by atoms with Gasteiger partial charge in [0.15, 0.2) is 5.82 Å². The van der Waals surface area contributed by atoms with Gasteiger partial charge in [-0.2, -0.15) is 4.99 Å². The number of isothiocyanates is 1. The van der Waals surface area contributed by atoms with Gasteiger partial charge in [-0.05, 0) is 85.6 Å². The number of rotatable bonds is 6. The number of unbranched alkanes of at least 4 members (excludes halogenated alkanes) is 2. The Labute approximate surface area is 179 Å². The molecule has 0 unspecified atom stereocenters. The van der Waals surface area contributed by atoms with Gasteiger partial charge in [-0.15, -0.1) is 0 Å². The fourth-order valence-corrected chi connectivity index (χ4v) is 4.27. The maximum atomic E-state index is 13.9. The molecule has 0 spiro atoms. The molecule has 3 heteroatoms. The van der Waals surface area contributed by atoms with Crippen LogP contribution in [-0.4, -0.2) is 5.16 Å². The van der Waals surface area contributed by atoms with Gasteiger partial charge < -0.3 is 0 Å². The first-order chi connectivity index (χ1) is 14.2. The van der Waals surface area contributed by atoms with Gasteiger partial charge in [0.25, 0.3) is 0 Å². The Hall–Kier alpha value is -2.27. The largest absolute Gasteiger partial charge is 0.205 e. The summed E-state index contributed by atoms with van der Waals surface area (Å²) in [4.78, 5) is 3.68. The molecule has 0 N–H and O–H groups in total. The minimum absolute atomic E-state index is 0.190. The molecule has 2 aromatic carbocycles. The molecule has 1 fully saturated rings. The van der Waals surface area contributed by atoms with Crippen molar-refractivity contribution in [2.45, 2.75) is 64.2 Å². The summed E-state index contributed by atoms with van der Waals surface area (Å²) in [5.41, 5.74) is 3.19. The minimum atomic E-state index is -0.435. The molecule has 0 atom stereocenters. The van der Waals surface area contributed by atoms with Gasteiger partial charge in [0.1, 0.15) is 5.69 Å². The number of hydrogen-bond acceptors (Lipinski definition) is 2. The first kappa shape index (κ1) is 21.4. The first-order valence-electron chi connectivity index (χ1n) is 10.7. The summed E-state index contributed by atoms with van der Waals surface area (Å²) in [5, 5.41) is 2.18. The van der Waals surface area contributed by atoms with E-state index in [0.717, 1.165) is 11.5 Å². The average Bonchev–Trinajstić information content (AvgIpc) is 2.75. The van der Waals surface area contributed by atoms with E-state index in [4.69, 9.17) is 0 Å². The van der Waals surface area contributed by atoms with E-state index in [9.17, 15) is 4.39 Å². The third kappa shape index (κ3) is 6.36. The summed E-state index contributed by atoms with van der Waals surface area (Å²) in [6.07, 6.45) is 10.8. The summed E-state index contributed by atoms with van der Waals surface area (Å²) in [5.74, 6) is 7.33. The van der Waals surface area contributed by atoms with Crippen molar-refractivity contribution < 1.29 is 4.39 Å². The van der Waals surface area contributed by atoms with E-state index in [1.807, 2.05) is 0 Å². The highest BCUT2D eigenvalue weighted by Gasteiger charge is 2.21. The predicted molar refractivity (Wildman–Crippen MR) is 122 cm³/mol. The topological polar surface area (TPSA) is 12.4 Å². The monoisotopic (exact) mass is 405 g/mol. The first-order valence-corrected chi connectivity index (χ1v) is 11.1. The van der Waals surface area contributed by atoms with Crippen molar-refractivity contribution in [2.24, 2.45) is 10.9 Å². The zero-order chi connectivity index (χ0) is 20.5. The second-order valence-electron chi connectivity index (χ2n) is 7.95. The molecule has 3 rings (SSSR count). The van der Waals surface area contributed by atoms with Crippen LogP contribution in [0.15, 0.2) is 47.5 Å². The van der Waals surface area contributed by atoms with Crippen molar-refractivity contribution in [3.63, 3.8) is 0 Å². The molecule has 0 aliphatic heterocycles. The molecule has 0 bridgehead atoms. The summed E-state index contributed by atoms with van der Waals surface area (Å²) >= 11 is 4.51. The van der Waals surface area contributed by atoms with Gasteiger partial charge in [-0.3, -0.25) is 0 Å². The molecule has 29 heavy (non-hydrogen) atoms. The highest BCUT2D eigenvalue weighted by molar-refractivity contribution is 7.78. The standard InChI is InChI=1S/C26H28FNS/c1-2-3-4-5-20-8-13-23(14-9-20)24-15-10-21(11-16-24)6-7-22-12-17-26(28-19-29)25(27)18-22/h10-12,15-18,20,23H,2-5,8-9,13-14H2,1H3. The molecule has 0 amide bonds. The van der Waals surface area contributed by atoms with Gasteiger partial charge >= 0.3 is 0 Å². The van der Waals surface area contributed by atoms with Crippen molar-refractivity contribution in [3.8, 4) is 11.8 Å². The lowest BCUT2D eigenvalue weighted by molar-refractivity contribution is 0.303. The Morgan fingerprint density at radius 1 is 0.966 bits per heavy atom. The Bertz CT molecular complexity index is 908. The van der Waals surface area contributed by atoms with E-state index < -0.39 is 5.82 Å². The third-order valence-electron chi connectivity index (χ3n) is 5.91. The van der Waals surface area contributed by atoms with E-state index in [1.54, 1.807) is 12.1 Å². The van der Waals surface area contributed by atoms with Crippen LogP contribution < -0.4 is 0 Å².